The molecular formula is C17H19ClN6O. The number of carbonyl (C=O) groups excluding carboxylic acids is 1. The first-order chi connectivity index (χ1) is 12.2. The fraction of sp³-hybridized carbons (Fsp3) is 0.353. The smallest absolute Gasteiger partial charge is 0.272 e. The Balaban J connectivity index is 1.31. The molecular weight excluding hydrogens is 340 g/mol. The lowest BCUT2D eigenvalue weighted by molar-refractivity contribution is 0.0947. The summed E-state index contributed by atoms with van der Waals surface area (Å²) in [6, 6.07) is 5.59. The van der Waals surface area contributed by atoms with Crippen LogP contribution in [0, 0.1) is 0 Å². The fourth-order valence-corrected chi connectivity index (χ4v) is 3.30. The van der Waals surface area contributed by atoms with Crippen molar-refractivity contribution in [1.82, 2.24) is 30.8 Å². The Morgan fingerprint density at radius 3 is 3.20 bits per heavy atom. The van der Waals surface area contributed by atoms with Gasteiger partial charge in [-0.2, -0.15) is 5.10 Å². The number of nitrogens with one attached hydrogen (secondary N) is 4. The Bertz CT molecular complexity index is 915. The Labute approximate surface area is 149 Å². The third-order valence-electron chi connectivity index (χ3n) is 4.39. The van der Waals surface area contributed by atoms with Crippen molar-refractivity contribution in [3.05, 3.63) is 46.0 Å². The molecule has 0 saturated carbocycles. The molecule has 1 aliphatic heterocycles. The summed E-state index contributed by atoms with van der Waals surface area (Å²) in [7, 11) is 0. The number of aromatic nitrogens is 4. The first-order valence-electron chi connectivity index (χ1n) is 8.40. The summed E-state index contributed by atoms with van der Waals surface area (Å²) < 4.78 is 0. The number of imidazole rings is 1. The topological polar surface area (TPSA) is 98.5 Å². The number of H-pyrrole nitrogens is 2. The lowest BCUT2D eigenvalue weighted by atomic mass is 10.1. The lowest BCUT2D eigenvalue weighted by Gasteiger charge is -2.12. The van der Waals surface area contributed by atoms with Crippen LogP contribution < -0.4 is 10.6 Å². The second kappa shape index (κ2) is 6.85. The summed E-state index contributed by atoms with van der Waals surface area (Å²) in [6.07, 6.45) is 2.39. The number of aryl methyl sites for hydroxylation is 1. The van der Waals surface area contributed by atoms with Gasteiger partial charge < -0.3 is 15.6 Å². The summed E-state index contributed by atoms with van der Waals surface area (Å²) in [4.78, 5) is 20.1. The molecule has 3 heterocycles. The molecule has 25 heavy (non-hydrogen) atoms. The molecule has 0 radical (unpaired) electrons. The van der Waals surface area contributed by atoms with Crippen LogP contribution in [0.2, 0.25) is 5.02 Å². The van der Waals surface area contributed by atoms with E-state index in [4.69, 9.17) is 11.6 Å². The van der Waals surface area contributed by atoms with E-state index >= 15 is 0 Å². The molecule has 130 valence electrons. The first-order valence-corrected chi connectivity index (χ1v) is 8.77. The molecule has 7 nitrogen and oxygen atoms in total. The number of hydrogen-bond acceptors (Lipinski definition) is 4. The summed E-state index contributed by atoms with van der Waals surface area (Å²) in [6.45, 7) is 2.20. The number of rotatable bonds is 5. The Kier molecular flexibility index (Phi) is 4.42. The summed E-state index contributed by atoms with van der Waals surface area (Å²) in [5.41, 5.74) is 4.40. The van der Waals surface area contributed by atoms with Crippen molar-refractivity contribution >= 4 is 28.5 Å². The van der Waals surface area contributed by atoms with Gasteiger partial charge in [-0.15, -0.1) is 0 Å². The van der Waals surface area contributed by atoms with Crippen LogP contribution in [0.4, 0.5) is 0 Å². The summed E-state index contributed by atoms with van der Waals surface area (Å²) >= 11 is 5.98. The minimum absolute atomic E-state index is 0.115. The third-order valence-corrected chi connectivity index (χ3v) is 4.63. The molecule has 4 rings (SSSR count). The molecule has 0 atom stereocenters. The van der Waals surface area contributed by atoms with Crippen LogP contribution in [0.1, 0.15) is 34.0 Å². The number of amides is 1. The van der Waals surface area contributed by atoms with Crippen molar-refractivity contribution in [2.75, 3.05) is 13.1 Å². The van der Waals surface area contributed by atoms with Crippen LogP contribution in [0.5, 0.6) is 0 Å². The molecule has 2 aromatic heterocycles. The van der Waals surface area contributed by atoms with Crippen LogP contribution in [0.3, 0.4) is 0 Å². The highest BCUT2D eigenvalue weighted by Crippen LogP contribution is 2.18. The Morgan fingerprint density at radius 2 is 2.28 bits per heavy atom. The molecule has 1 aromatic carbocycles. The largest absolute Gasteiger partial charge is 0.351 e. The molecule has 0 aliphatic carbocycles. The molecule has 0 saturated heterocycles. The summed E-state index contributed by atoms with van der Waals surface area (Å²) in [5.74, 6) is 0.783. The molecule has 0 unspecified atom stereocenters. The molecule has 4 N–H and O–H groups in total. The number of halogens is 1. The highest BCUT2D eigenvalue weighted by molar-refractivity contribution is 6.31. The molecule has 1 amide bonds. The van der Waals surface area contributed by atoms with Gasteiger partial charge in [0.2, 0.25) is 0 Å². The van der Waals surface area contributed by atoms with Crippen molar-refractivity contribution in [3.63, 3.8) is 0 Å². The van der Waals surface area contributed by atoms with E-state index in [9.17, 15) is 4.79 Å². The molecule has 0 spiro atoms. The zero-order valence-electron chi connectivity index (χ0n) is 13.7. The predicted octanol–water partition coefficient (Wildman–Crippen LogP) is 1.95. The van der Waals surface area contributed by atoms with Gasteiger partial charge in [-0.25, -0.2) is 4.98 Å². The average Bonchev–Trinajstić information content (AvgIpc) is 3.21. The zero-order valence-corrected chi connectivity index (χ0v) is 14.4. The number of hydrogen-bond donors (Lipinski definition) is 4. The van der Waals surface area contributed by atoms with Gasteiger partial charge in [-0.05, 0) is 37.6 Å². The van der Waals surface area contributed by atoms with Crippen LogP contribution in [0.25, 0.3) is 11.0 Å². The quantitative estimate of drug-likeness (QED) is 0.524. The maximum Gasteiger partial charge on any atom is 0.272 e. The van der Waals surface area contributed by atoms with Crippen molar-refractivity contribution < 1.29 is 4.79 Å². The van der Waals surface area contributed by atoms with E-state index in [1.54, 1.807) is 0 Å². The highest BCUT2D eigenvalue weighted by Gasteiger charge is 2.21. The van der Waals surface area contributed by atoms with Gasteiger partial charge in [0.1, 0.15) is 5.82 Å². The zero-order chi connectivity index (χ0) is 17.2. The Hall–Kier alpha value is -2.38. The van der Waals surface area contributed by atoms with E-state index in [-0.39, 0.29) is 5.91 Å². The second-order valence-corrected chi connectivity index (χ2v) is 6.60. The normalized spacial score (nSPS) is 13.8. The lowest BCUT2D eigenvalue weighted by Crippen LogP contribution is -2.28. The van der Waals surface area contributed by atoms with Crippen molar-refractivity contribution in [2.45, 2.75) is 25.8 Å². The summed E-state index contributed by atoms with van der Waals surface area (Å²) in [5, 5.41) is 14.0. The standard InChI is InChI=1S/C17H19ClN6O/c18-10-3-4-12-13(8-10)22-15(21-12)2-1-6-20-17(25)16-11-5-7-19-9-14(11)23-24-16/h3-4,8,19H,1-2,5-7,9H2,(H,20,25)(H,21,22)(H,23,24). The maximum atomic E-state index is 12.3. The van der Waals surface area contributed by atoms with Crippen molar-refractivity contribution in [1.29, 1.82) is 0 Å². The second-order valence-electron chi connectivity index (χ2n) is 6.16. The number of benzene rings is 1. The minimum atomic E-state index is -0.115. The monoisotopic (exact) mass is 358 g/mol. The van der Waals surface area contributed by atoms with E-state index in [1.807, 2.05) is 18.2 Å². The number of aromatic amines is 2. The van der Waals surface area contributed by atoms with Crippen LogP contribution in [-0.4, -0.2) is 39.2 Å². The van der Waals surface area contributed by atoms with Gasteiger partial charge in [-0.3, -0.25) is 9.89 Å². The first kappa shape index (κ1) is 16.1. The molecule has 3 aromatic rings. The van der Waals surface area contributed by atoms with E-state index in [2.05, 4.69) is 30.8 Å². The molecule has 1 aliphatic rings. The molecule has 0 bridgehead atoms. The van der Waals surface area contributed by atoms with Gasteiger partial charge in [0.15, 0.2) is 5.69 Å². The molecule has 8 heteroatoms. The van der Waals surface area contributed by atoms with Gasteiger partial charge in [0, 0.05) is 30.1 Å². The van der Waals surface area contributed by atoms with Gasteiger partial charge in [0.05, 0.1) is 16.7 Å². The van der Waals surface area contributed by atoms with E-state index in [0.29, 0.717) is 17.3 Å². The number of carbonyl (C=O) groups is 1. The Morgan fingerprint density at radius 1 is 1.36 bits per heavy atom. The fourth-order valence-electron chi connectivity index (χ4n) is 3.13. The van der Waals surface area contributed by atoms with Crippen LogP contribution in [-0.2, 0) is 19.4 Å². The van der Waals surface area contributed by atoms with Gasteiger partial charge in [0.25, 0.3) is 5.91 Å². The third kappa shape index (κ3) is 3.38. The van der Waals surface area contributed by atoms with E-state index < -0.39 is 0 Å². The SMILES string of the molecule is O=C(NCCCc1nc2ccc(Cl)cc2[nH]1)c1n[nH]c2c1CCNC2. The van der Waals surface area contributed by atoms with Crippen LogP contribution in [0.15, 0.2) is 18.2 Å². The minimum Gasteiger partial charge on any atom is -0.351 e. The van der Waals surface area contributed by atoms with Gasteiger partial charge >= 0.3 is 0 Å². The average molecular weight is 359 g/mol. The van der Waals surface area contributed by atoms with E-state index in [0.717, 1.165) is 60.5 Å². The maximum absolute atomic E-state index is 12.3. The van der Waals surface area contributed by atoms with Crippen molar-refractivity contribution in [2.24, 2.45) is 0 Å². The van der Waals surface area contributed by atoms with Gasteiger partial charge in [-0.1, -0.05) is 11.6 Å². The predicted molar refractivity (Wildman–Crippen MR) is 95.8 cm³/mol. The van der Waals surface area contributed by atoms with Crippen molar-refractivity contribution in [3.8, 4) is 0 Å². The highest BCUT2D eigenvalue weighted by atomic mass is 35.5. The van der Waals surface area contributed by atoms with Crippen LogP contribution >= 0.6 is 11.6 Å². The molecule has 0 fully saturated rings. The number of fused-ring (bicyclic) bond motifs is 2. The van der Waals surface area contributed by atoms with E-state index in [1.165, 1.54) is 0 Å². The number of nitrogens with zero attached hydrogens (tertiary/aromatic N) is 2.